The summed E-state index contributed by atoms with van der Waals surface area (Å²) in [4.78, 5) is 15.1. The fourth-order valence-electron chi connectivity index (χ4n) is 7.32. The van der Waals surface area contributed by atoms with Gasteiger partial charge in [0.05, 0.1) is 0 Å². The van der Waals surface area contributed by atoms with E-state index in [0.717, 1.165) is 68.6 Å². The highest BCUT2D eigenvalue weighted by Gasteiger charge is 2.39. The van der Waals surface area contributed by atoms with Crippen LogP contribution in [0.3, 0.4) is 0 Å². The summed E-state index contributed by atoms with van der Waals surface area (Å²) in [5.41, 5.74) is 11.1. The van der Waals surface area contributed by atoms with Gasteiger partial charge in [0.25, 0.3) is 5.95 Å². The molecule has 7 heteroatoms. The lowest BCUT2D eigenvalue weighted by molar-refractivity contribution is 0.544. The topological polar surface area (TPSA) is 63.0 Å². The number of aromatic nitrogens is 5. The molecule has 2 heterocycles. The Morgan fingerprint density at radius 3 is 1.37 bits per heavy atom. The van der Waals surface area contributed by atoms with Crippen LogP contribution in [-0.2, 0) is 5.41 Å². The Morgan fingerprint density at radius 2 is 0.907 bits per heavy atom. The van der Waals surface area contributed by atoms with Gasteiger partial charge in [0.2, 0.25) is 0 Å². The minimum atomic E-state index is -0.452. The zero-order valence-corrected chi connectivity index (χ0v) is 29.8. The van der Waals surface area contributed by atoms with Crippen molar-refractivity contribution in [3.8, 4) is 5.95 Å². The molecule has 9 rings (SSSR count). The summed E-state index contributed by atoms with van der Waals surface area (Å²) >= 11 is 0. The molecule has 1 unspecified atom stereocenters. The van der Waals surface area contributed by atoms with Crippen LogP contribution in [0.4, 0.5) is 34.1 Å². The monoisotopic (exact) mass is 699 g/mol. The standard InChI is InChI=1S/C47H37N7/c1-47(36-25-29-42(30-26-36)53(39-19-10-4-11-20-39)40-21-12-5-13-22-40)32-31-43(44-45(47)51-54(50-44)46-48-33-14-34-49-46)35-23-27-41(28-24-35)52(37-15-6-2-7-16-37)38-17-8-3-9-18-38/h2-31,33-34H,32H2,1H3. The van der Waals surface area contributed by atoms with Gasteiger partial charge in [-0.15, -0.1) is 15.0 Å². The van der Waals surface area contributed by atoms with E-state index in [1.165, 1.54) is 0 Å². The third-order valence-electron chi connectivity index (χ3n) is 10.1. The van der Waals surface area contributed by atoms with Crippen LogP contribution >= 0.6 is 0 Å². The number of benzene rings is 6. The van der Waals surface area contributed by atoms with Gasteiger partial charge < -0.3 is 9.80 Å². The summed E-state index contributed by atoms with van der Waals surface area (Å²) < 4.78 is 0. The predicted octanol–water partition coefficient (Wildman–Crippen LogP) is 11.1. The zero-order valence-electron chi connectivity index (χ0n) is 29.8. The van der Waals surface area contributed by atoms with E-state index >= 15 is 0 Å². The van der Waals surface area contributed by atoms with Crippen LogP contribution in [0.5, 0.6) is 0 Å². The van der Waals surface area contributed by atoms with Crippen LogP contribution in [-0.4, -0.2) is 25.0 Å². The van der Waals surface area contributed by atoms with E-state index in [4.69, 9.17) is 10.2 Å². The highest BCUT2D eigenvalue weighted by Crippen LogP contribution is 2.46. The molecule has 0 saturated heterocycles. The van der Waals surface area contributed by atoms with E-state index in [2.05, 4.69) is 178 Å². The van der Waals surface area contributed by atoms with Crippen LogP contribution in [0.2, 0.25) is 0 Å². The maximum atomic E-state index is 5.13. The van der Waals surface area contributed by atoms with Gasteiger partial charge in [-0.05, 0) is 103 Å². The Labute approximate surface area is 315 Å². The summed E-state index contributed by atoms with van der Waals surface area (Å²) in [6.45, 7) is 2.26. The van der Waals surface area contributed by atoms with E-state index in [0.29, 0.717) is 5.95 Å². The van der Waals surface area contributed by atoms with Crippen LogP contribution < -0.4 is 9.80 Å². The first-order valence-corrected chi connectivity index (χ1v) is 18.1. The first-order chi connectivity index (χ1) is 26.7. The number of hydrogen-bond acceptors (Lipinski definition) is 6. The molecule has 0 bridgehead atoms. The first kappa shape index (κ1) is 32.8. The smallest absolute Gasteiger partial charge is 0.268 e. The van der Waals surface area contributed by atoms with Crippen LogP contribution in [0.15, 0.2) is 194 Å². The van der Waals surface area contributed by atoms with Crippen molar-refractivity contribution in [1.29, 1.82) is 0 Å². The van der Waals surface area contributed by atoms with Gasteiger partial charge in [-0.2, -0.15) is 0 Å². The fraction of sp³-hybridized carbons (Fsp3) is 0.0638. The molecule has 0 N–H and O–H groups in total. The molecule has 1 aliphatic carbocycles. The largest absolute Gasteiger partial charge is 0.311 e. The van der Waals surface area contributed by atoms with E-state index in [-0.39, 0.29) is 0 Å². The predicted molar refractivity (Wildman–Crippen MR) is 217 cm³/mol. The van der Waals surface area contributed by atoms with Crippen LogP contribution in [0.1, 0.15) is 35.9 Å². The Morgan fingerprint density at radius 1 is 0.481 bits per heavy atom. The zero-order chi connectivity index (χ0) is 36.3. The van der Waals surface area contributed by atoms with Gasteiger partial charge in [-0.3, -0.25) is 0 Å². The Hall–Kier alpha value is -7.12. The quantitative estimate of drug-likeness (QED) is 0.149. The lowest BCUT2D eigenvalue weighted by Gasteiger charge is -2.32. The van der Waals surface area contributed by atoms with Gasteiger partial charge >= 0.3 is 0 Å². The van der Waals surface area contributed by atoms with Gasteiger partial charge in [0.15, 0.2) is 0 Å². The average molecular weight is 700 g/mol. The molecule has 8 aromatic rings. The molecule has 0 radical (unpaired) electrons. The number of rotatable bonds is 9. The molecule has 0 amide bonds. The van der Waals surface area contributed by atoms with Gasteiger partial charge in [0.1, 0.15) is 11.4 Å². The second-order valence-electron chi connectivity index (χ2n) is 13.5. The highest BCUT2D eigenvalue weighted by atomic mass is 15.5. The van der Waals surface area contributed by atoms with Crippen LogP contribution in [0, 0.1) is 0 Å². The van der Waals surface area contributed by atoms with Gasteiger partial charge in [-0.25, -0.2) is 9.97 Å². The summed E-state index contributed by atoms with van der Waals surface area (Å²) in [7, 11) is 0. The van der Waals surface area contributed by atoms with E-state index in [9.17, 15) is 0 Å². The van der Waals surface area contributed by atoms with Crippen molar-refractivity contribution in [1.82, 2.24) is 25.0 Å². The third kappa shape index (κ3) is 6.11. The number of para-hydroxylation sites is 4. The third-order valence-corrected chi connectivity index (χ3v) is 10.1. The van der Waals surface area contributed by atoms with Crippen molar-refractivity contribution >= 4 is 39.7 Å². The number of allylic oxidation sites excluding steroid dienone is 1. The van der Waals surface area contributed by atoms with Crippen molar-refractivity contribution < 1.29 is 0 Å². The molecule has 1 atom stereocenters. The molecule has 2 aromatic heterocycles. The fourth-order valence-corrected chi connectivity index (χ4v) is 7.32. The van der Waals surface area contributed by atoms with Crippen molar-refractivity contribution in [2.45, 2.75) is 18.8 Å². The minimum Gasteiger partial charge on any atom is -0.311 e. The first-order valence-electron chi connectivity index (χ1n) is 18.1. The average Bonchev–Trinajstić information content (AvgIpc) is 3.71. The number of anilines is 6. The SMILES string of the molecule is CC1(c2ccc(N(c3ccccc3)c3ccccc3)cc2)CC=C(c2ccc(N(c3ccccc3)c3ccccc3)cc2)c2nn(-c3ncccn3)nc21. The molecule has 0 saturated carbocycles. The van der Waals surface area contributed by atoms with E-state index in [1.54, 1.807) is 23.3 Å². The summed E-state index contributed by atoms with van der Waals surface area (Å²) in [5, 5.41) is 10.2. The minimum absolute atomic E-state index is 0.432. The second-order valence-corrected chi connectivity index (χ2v) is 13.5. The molecule has 6 aromatic carbocycles. The summed E-state index contributed by atoms with van der Waals surface area (Å²) in [5.74, 6) is 0.432. The normalized spacial score (nSPS) is 14.9. The van der Waals surface area contributed by atoms with Gasteiger partial charge in [0, 0.05) is 57.5 Å². The Kier molecular flexibility index (Phi) is 8.57. The lowest BCUT2D eigenvalue weighted by atomic mass is 9.71. The van der Waals surface area contributed by atoms with Crippen molar-refractivity contribution in [3.05, 3.63) is 217 Å². The molecule has 7 nitrogen and oxygen atoms in total. The molecule has 1 aliphatic rings. The molecule has 0 spiro atoms. The number of nitrogens with zero attached hydrogens (tertiary/aromatic N) is 7. The van der Waals surface area contributed by atoms with Gasteiger partial charge in [-0.1, -0.05) is 103 Å². The van der Waals surface area contributed by atoms with Crippen molar-refractivity contribution in [2.24, 2.45) is 0 Å². The summed E-state index contributed by atoms with van der Waals surface area (Å²) in [6, 6.07) is 61.2. The maximum Gasteiger partial charge on any atom is 0.268 e. The maximum absolute atomic E-state index is 5.13. The van der Waals surface area contributed by atoms with Crippen molar-refractivity contribution in [3.63, 3.8) is 0 Å². The Balaban J connectivity index is 1.10. The highest BCUT2D eigenvalue weighted by molar-refractivity contribution is 5.84. The number of hydrogen-bond donors (Lipinski definition) is 0. The Bertz CT molecular complexity index is 2420. The van der Waals surface area contributed by atoms with E-state index < -0.39 is 5.41 Å². The molecular weight excluding hydrogens is 663 g/mol. The number of fused-ring (bicyclic) bond motifs is 1. The summed E-state index contributed by atoms with van der Waals surface area (Å²) in [6.07, 6.45) is 6.48. The second kappa shape index (κ2) is 14.1. The molecular formula is C47H37N7. The van der Waals surface area contributed by atoms with E-state index in [1.807, 2.05) is 24.3 Å². The van der Waals surface area contributed by atoms with Crippen LogP contribution in [0.25, 0.3) is 11.5 Å². The molecule has 260 valence electrons. The molecule has 0 aliphatic heterocycles. The molecule has 54 heavy (non-hydrogen) atoms. The lowest BCUT2D eigenvalue weighted by Crippen LogP contribution is -2.28. The van der Waals surface area contributed by atoms with Crippen molar-refractivity contribution in [2.75, 3.05) is 9.80 Å². The molecule has 0 fully saturated rings.